The Morgan fingerprint density at radius 2 is 2.00 bits per heavy atom. The fourth-order valence-corrected chi connectivity index (χ4v) is 1.78. The number of hydrogen-bond donors (Lipinski definition) is 1. The molecule has 1 aliphatic carbocycles. The largest absolute Gasteiger partial charge is 0.496 e. The van der Waals surface area contributed by atoms with Crippen molar-refractivity contribution in [3.05, 3.63) is 29.1 Å². The van der Waals surface area contributed by atoms with Crippen LogP contribution in [0.1, 0.15) is 30.4 Å². The van der Waals surface area contributed by atoms with E-state index in [1.807, 2.05) is 0 Å². The lowest BCUT2D eigenvalue weighted by atomic mass is 10.0. The first-order valence-electron chi connectivity index (χ1n) is 4.93. The molecule has 0 heterocycles. The second-order valence-electron chi connectivity index (χ2n) is 4.03. The van der Waals surface area contributed by atoms with E-state index in [-0.39, 0.29) is 5.75 Å². The molecule has 0 aromatic heterocycles. The lowest BCUT2D eigenvalue weighted by Crippen LogP contribution is -2.20. The fraction of sp³-hybridized carbons (Fsp3) is 0.455. The van der Waals surface area contributed by atoms with E-state index in [0.717, 1.165) is 6.07 Å². The second kappa shape index (κ2) is 3.66. The maximum absolute atomic E-state index is 13.2. The number of nitrogens with two attached hydrogens (primary N) is 1. The molecular weight excluding hydrogens is 219 g/mol. The zero-order chi connectivity index (χ0) is 11.9. The monoisotopic (exact) mass is 231 g/mol. The molecule has 1 aliphatic rings. The van der Waals surface area contributed by atoms with Crippen LogP contribution >= 0.6 is 0 Å². The predicted octanol–water partition coefficient (Wildman–Crippen LogP) is 2.72. The summed E-state index contributed by atoms with van der Waals surface area (Å²) in [6, 6.07) is 1.97. The van der Waals surface area contributed by atoms with Crippen molar-refractivity contribution in [3.63, 3.8) is 0 Å². The maximum atomic E-state index is 13.2. The molecule has 5 heteroatoms. The van der Waals surface area contributed by atoms with Crippen molar-refractivity contribution in [3.8, 4) is 5.75 Å². The lowest BCUT2D eigenvalue weighted by molar-refractivity contribution is 0.146. The van der Waals surface area contributed by atoms with Gasteiger partial charge in [-0.1, -0.05) is 0 Å². The Kier molecular flexibility index (Phi) is 2.58. The molecule has 2 rings (SSSR count). The van der Waals surface area contributed by atoms with Gasteiger partial charge in [-0.3, -0.25) is 0 Å². The van der Waals surface area contributed by atoms with Crippen molar-refractivity contribution in [2.75, 3.05) is 7.11 Å². The first-order valence-corrected chi connectivity index (χ1v) is 4.93. The van der Waals surface area contributed by atoms with Crippen LogP contribution < -0.4 is 10.5 Å². The van der Waals surface area contributed by atoms with Gasteiger partial charge in [0.25, 0.3) is 6.43 Å². The molecule has 16 heavy (non-hydrogen) atoms. The summed E-state index contributed by atoms with van der Waals surface area (Å²) in [7, 11) is 1.29. The topological polar surface area (TPSA) is 35.2 Å². The third kappa shape index (κ3) is 1.75. The number of alkyl halides is 2. The molecule has 2 nitrogen and oxygen atoms in total. The van der Waals surface area contributed by atoms with Crippen LogP contribution in [0.25, 0.3) is 0 Å². The summed E-state index contributed by atoms with van der Waals surface area (Å²) >= 11 is 0. The van der Waals surface area contributed by atoms with Gasteiger partial charge in [-0.2, -0.15) is 0 Å². The predicted molar refractivity (Wildman–Crippen MR) is 53.0 cm³/mol. The number of halogens is 3. The van der Waals surface area contributed by atoms with Crippen LogP contribution in [0.4, 0.5) is 13.2 Å². The van der Waals surface area contributed by atoms with E-state index in [1.54, 1.807) is 0 Å². The fourth-order valence-electron chi connectivity index (χ4n) is 1.78. The number of hydrogen-bond acceptors (Lipinski definition) is 2. The zero-order valence-corrected chi connectivity index (χ0v) is 8.77. The highest BCUT2D eigenvalue weighted by Gasteiger charge is 2.43. The third-order valence-corrected chi connectivity index (χ3v) is 2.85. The number of rotatable bonds is 3. The summed E-state index contributed by atoms with van der Waals surface area (Å²) in [6.07, 6.45) is -1.45. The number of benzene rings is 1. The van der Waals surface area contributed by atoms with Gasteiger partial charge in [0.1, 0.15) is 11.6 Å². The first-order chi connectivity index (χ1) is 7.48. The minimum Gasteiger partial charge on any atom is -0.496 e. The smallest absolute Gasteiger partial charge is 0.267 e. The molecule has 1 aromatic rings. The molecule has 1 aromatic carbocycles. The van der Waals surface area contributed by atoms with Crippen molar-refractivity contribution in [1.82, 2.24) is 0 Å². The zero-order valence-electron chi connectivity index (χ0n) is 8.77. The second-order valence-corrected chi connectivity index (χ2v) is 4.03. The Labute approximate surface area is 91.2 Å². The minimum absolute atomic E-state index is 0.0106. The van der Waals surface area contributed by atoms with E-state index < -0.39 is 23.3 Å². The molecule has 0 atom stereocenters. The number of ether oxygens (including phenoxy) is 1. The van der Waals surface area contributed by atoms with Crippen LogP contribution in [0, 0.1) is 5.82 Å². The first kappa shape index (κ1) is 11.3. The average Bonchev–Trinajstić information content (AvgIpc) is 2.96. The Morgan fingerprint density at radius 1 is 1.38 bits per heavy atom. The van der Waals surface area contributed by atoms with Gasteiger partial charge in [0.15, 0.2) is 0 Å². The van der Waals surface area contributed by atoms with Crippen LogP contribution in [-0.2, 0) is 5.54 Å². The number of methoxy groups -OCH3 is 1. The highest BCUT2D eigenvalue weighted by Crippen LogP contribution is 2.48. The van der Waals surface area contributed by atoms with Gasteiger partial charge in [0.2, 0.25) is 0 Å². The molecule has 0 radical (unpaired) electrons. The van der Waals surface area contributed by atoms with Gasteiger partial charge in [-0.05, 0) is 25.0 Å². The standard InChI is InChI=1S/C11H12F3NO/c1-16-9-7(10(13)14)4-6(12)5-8(9)11(15)2-3-11/h4-5,10H,2-3,15H2,1H3. The van der Waals surface area contributed by atoms with Crippen molar-refractivity contribution in [1.29, 1.82) is 0 Å². The van der Waals surface area contributed by atoms with Crippen LogP contribution in [-0.4, -0.2) is 7.11 Å². The van der Waals surface area contributed by atoms with E-state index in [1.165, 1.54) is 13.2 Å². The van der Waals surface area contributed by atoms with Crippen molar-refractivity contribution in [2.24, 2.45) is 5.73 Å². The lowest BCUT2D eigenvalue weighted by Gasteiger charge is -2.17. The molecule has 0 unspecified atom stereocenters. The molecule has 2 N–H and O–H groups in total. The van der Waals surface area contributed by atoms with E-state index in [0.29, 0.717) is 18.4 Å². The van der Waals surface area contributed by atoms with Crippen LogP contribution in [0.2, 0.25) is 0 Å². The Morgan fingerprint density at radius 3 is 2.44 bits per heavy atom. The van der Waals surface area contributed by atoms with Crippen molar-refractivity contribution < 1.29 is 17.9 Å². The summed E-state index contributed by atoms with van der Waals surface area (Å²) < 4.78 is 43.5. The highest BCUT2D eigenvalue weighted by molar-refractivity contribution is 5.48. The highest BCUT2D eigenvalue weighted by atomic mass is 19.3. The minimum atomic E-state index is -2.77. The molecule has 88 valence electrons. The van der Waals surface area contributed by atoms with Gasteiger partial charge in [0.05, 0.1) is 12.7 Å². The van der Waals surface area contributed by atoms with Gasteiger partial charge in [-0.25, -0.2) is 13.2 Å². The van der Waals surface area contributed by atoms with Crippen molar-refractivity contribution in [2.45, 2.75) is 24.8 Å². The molecule has 1 fully saturated rings. The summed E-state index contributed by atoms with van der Waals surface area (Å²) in [6.45, 7) is 0. The summed E-state index contributed by atoms with van der Waals surface area (Å²) in [5, 5.41) is 0. The van der Waals surface area contributed by atoms with Gasteiger partial charge in [0, 0.05) is 11.1 Å². The van der Waals surface area contributed by atoms with Gasteiger partial charge >= 0.3 is 0 Å². The Balaban J connectivity index is 2.59. The quantitative estimate of drug-likeness (QED) is 0.868. The van der Waals surface area contributed by atoms with E-state index >= 15 is 0 Å². The van der Waals surface area contributed by atoms with E-state index in [9.17, 15) is 13.2 Å². The molecule has 0 saturated heterocycles. The van der Waals surface area contributed by atoms with Crippen LogP contribution in [0.3, 0.4) is 0 Å². The molecule has 0 amide bonds. The normalized spacial score (nSPS) is 17.6. The summed E-state index contributed by atoms with van der Waals surface area (Å²) in [5.41, 5.74) is 5.10. The Bertz CT molecular complexity index is 416. The molecule has 1 saturated carbocycles. The summed E-state index contributed by atoms with van der Waals surface area (Å²) in [4.78, 5) is 0. The molecular formula is C11H12F3NO. The van der Waals surface area contributed by atoms with Crippen LogP contribution in [0.5, 0.6) is 5.75 Å². The summed E-state index contributed by atoms with van der Waals surface area (Å²) in [5.74, 6) is -0.695. The Hall–Kier alpha value is -1.23. The molecule has 0 aliphatic heterocycles. The molecule has 0 bridgehead atoms. The third-order valence-electron chi connectivity index (χ3n) is 2.85. The van der Waals surface area contributed by atoms with E-state index in [2.05, 4.69) is 0 Å². The SMILES string of the molecule is COc1c(C(F)F)cc(F)cc1C1(N)CC1. The van der Waals surface area contributed by atoms with Crippen molar-refractivity contribution >= 4 is 0 Å². The van der Waals surface area contributed by atoms with E-state index in [4.69, 9.17) is 10.5 Å². The molecule has 0 spiro atoms. The van der Waals surface area contributed by atoms with Gasteiger partial charge in [-0.15, -0.1) is 0 Å². The maximum Gasteiger partial charge on any atom is 0.267 e. The average molecular weight is 231 g/mol. The van der Waals surface area contributed by atoms with Crippen LogP contribution in [0.15, 0.2) is 12.1 Å². The van der Waals surface area contributed by atoms with Gasteiger partial charge < -0.3 is 10.5 Å².